The summed E-state index contributed by atoms with van der Waals surface area (Å²) in [6.07, 6.45) is 1.83. The molecule has 0 amide bonds. The zero-order valence-electron chi connectivity index (χ0n) is 10.4. The van der Waals surface area contributed by atoms with Crippen LogP contribution in [0.3, 0.4) is 0 Å². The molecule has 0 bridgehead atoms. The highest BCUT2D eigenvalue weighted by molar-refractivity contribution is 7.89. The minimum Gasteiger partial charge on any atom is -0.399 e. The number of rotatable bonds is 2. The number of nitrogens with two attached hydrogens (primary N) is 2. The van der Waals surface area contributed by atoms with Gasteiger partial charge in [0.25, 0.3) is 0 Å². The van der Waals surface area contributed by atoms with Gasteiger partial charge in [-0.25, -0.2) is 13.6 Å². The van der Waals surface area contributed by atoms with E-state index in [1.54, 1.807) is 0 Å². The molecule has 0 aliphatic heterocycles. The van der Waals surface area contributed by atoms with E-state index in [0.717, 1.165) is 0 Å². The molecule has 0 radical (unpaired) electrons. The Labute approximate surface area is 113 Å². The lowest BCUT2D eigenvalue weighted by molar-refractivity contribution is 0.598. The van der Waals surface area contributed by atoms with Crippen molar-refractivity contribution in [2.75, 3.05) is 5.73 Å². The van der Waals surface area contributed by atoms with E-state index < -0.39 is 10.0 Å². The Hall–Kier alpha value is -2.11. The first-order chi connectivity index (χ1) is 8.93. The lowest BCUT2D eigenvalue weighted by atomic mass is 10.2. The summed E-state index contributed by atoms with van der Waals surface area (Å²) in [4.78, 5) is 0.0756. The van der Waals surface area contributed by atoms with Crippen LogP contribution >= 0.6 is 0 Å². The molecule has 0 aliphatic carbocycles. The molecule has 0 heterocycles. The summed E-state index contributed by atoms with van der Waals surface area (Å²) < 4.78 is 21.4. The Kier molecular flexibility index (Phi) is 5.29. The van der Waals surface area contributed by atoms with Crippen molar-refractivity contribution in [1.29, 1.82) is 0 Å². The fourth-order valence-corrected chi connectivity index (χ4v) is 1.76. The number of hydrogen-bond donors (Lipinski definition) is 2. The van der Waals surface area contributed by atoms with E-state index in [1.807, 2.05) is 36.4 Å². The molecule has 0 saturated heterocycles. The van der Waals surface area contributed by atoms with Crippen molar-refractivity contribution in [3.8, 4) is 0 Å². The van der Waals surface area contributed by atoms with Crippen molar-refractivity contribution in [2.45, 2.75) is 4.90 Å². The van der Waals surface area contributed by atoms with E-state index in [1.165, 1.54) is 29.8 Å². The van der Waals surface area contributed by atoms with Gasteiger partial charge in [0.05, 0.1) is 4.90 Å². The van der Waals surface area contributed by atoms with Crippen LogP contribution in [0.1, 0.15) is 5.56 Å². The molecule has 2 aromatic rings. The van der Waals surface area contributed by atoms with Gasteiger partial charge in [0.2, 0.25) is 10.0 Å². The molecule has 0 aromatic heterocycles. The van der Waals surface area contributed by atoms with Gasteiger partial charge in [-0.1, -0.05) is 43.0 Å². The third kappa shape index (κ3) is 5.37. The van der Waals surface area contributed by atoms with E-state index in [4.69, 9.17) is 10.9 Å². The summed E-state index contributed by atoms with van der Waals surface area (Å²) in [7, 11) is -3.58. The first kappa shape index (κ1) is 14.9. The molecule has 100 valence electrons. The first-order valence-electron chi connectivity index (χ1n) is 5.49. The average molecular weight is 276 g/mol. The second-order valence-corrected chi connectivity index (χ2v) is 5.29. The largest absolute Gasteiger partial charge is 0.399 e. The highest BCUT2D eigenvalue weighted by Crippen LogP contribution is 2.08. The summed E-state index contributed by atoms with van der Waals surface area (Å²) in [6.45, 7) is 3.63. The quantitative estimate of drug-likeness (QED) is 0.825. The number of hydrogen-bond acceptors (Lipinski definition) is 3. The molecule has 2 aromatic carbocycles. The molecule has 19 heavy (non-hydrogen) atoms. The number of benzene rings is 2. The Balaban J connectivity index is 0.000000200. The predicted octanol–water partition coefficient (Wildman–Crippen LogP) is 2.25. The molecule has 0 atom stereocenters. The molecular formula is C14H16N2O2S. The fourth-order valence-electron chi connectivity index (χ4n) is 1.25. The lowest BCUT2D eigenvalue weighted by Crippen LogP contribution is -2.11. The first-order valence-corrected chi connectivity index (χ1v) is 7.04. The van der Waals surface area contributed by atoms with Crippen LogP contribution in [0.2, 0.25) is 0 Å². The molecule has 5 heteroatoms. The number of primary sulfonamides is 1. The SMILES string of the molecule is C=Cc1ccccc1.Nc1ccc(S(N)(=O)=O)cc1. The van der Waals surface area contributed by atoms with Gasteiger partial charge in [-0.2, -0.15) is 0 Å². The van der Waals surface area contributed by atoms with Crippen molar-refractivity contribution < 1.29 is 8.42 Å². The van der Waals surface area contributed by atoms with Crippen LogP contribution in [0.5, 0.6) is 0 Å². The maximum Gasteiger partial charge on any atom is 0.238 e. The average Bonchev–Trinajstić information content (AvgIpc) is 2.40. The number of anilines is 1. The molecular weight excluding hydrogens is 260 g/mol. The van der Waals surface area contributed by atoms with Gasteiger partial charge in [0, 0.05) is 5.69 Å². The standard InChI is InChI=1S/C8H8.C6H8N2O2S/c1-2-8-6-4-3-5-7-8;7-5-1-3-6(4-2-5)11(8,9)10/h2-7H,1H2;1-4H,7H2,(H2,8,9,10). The Morgan fingerprint density at radius 3 is 1.84 bits per heavy atom. The maximum atomic E-state index is 10.7. The van der Waals surface area contributed by atoms with Crippen LogP contribution in [-0.2, 0) is 10.0 Å². The minimum absolute atomic E-state index is 0.0756. The van der Waals surface area contributed by atoms with Crippen molar-refractivity contribution >= 4 is 21.8 Å². The fraction of sp³-hybridized carbons (Fsp3) is 0. The molecule has 2 rings (SSSR count). The smallest absolute Gasteiger partial charge is 0.238 e. The van der Waals surface area contributed by atoms with Gasteiger partial charge in [-0.3, -0.25) is 0 Å². The predicted molar refractivity (Wildman–Crippen MR) is 78.8 cm³/mol. The Morgan fingerprint density at radius 2 is 1.47 bits per heavy atom. The monoisotopic (exact) mass is 276 g/mol. The lowest BCUT2D eigenvalue weighted by Gasteiger charge is -1.96. The third-order valence-corrected chi connectivity index (χ3v) is 3.17. The van der Waals surface area contributed by atoms with Gasteiger partial charge in [-0.05, 0) is 29.8 Å². The molecule has 0 fully saturated rings. The highest BCUT2D eigenvalue weighted by Gasteiger charge is 2.04. The zero-order chi connectivity index (χ0) is 14.3. The topological polar surface area (TPSA) is 86.2 Å². The van der Waals surface area contributed by atoms with Gasteiger partial charge in [0.1, 0.15) is 0 Å². The second kappa shape index (κ2) is 6.72. The third-order valence-electron chi connectivity index (χ3n) is 2.24. The maximum absolute atomic E-state index is 10.7. The van der Waals surface area contributed by atoms with Crippen LogP contribution in [-0.4, -0.2) is 8.42 Å². The van der Waals surface area contributed by atoms with Gasteiger partial charge >= 0.3 is 0 Å². The summed E-state index contributed by atoms with van der Waals surface area (Å²) >= 11 is 0. The summed E-state index contributed by atoms with van der Waals surface area (Å²) in [5.74, 6) is 0. The van der Waals surface area contributed by atoms with Crippen molar-refractivity contribution in [3.63, 3.8) is 0 Å². The van der Waals surface area contributed by atoms with Gasteiger partial charge < -0.3 is 5.73 Å². The molecule has 0 spiro atoms. The van der Waals surface area contributed by atoms with E-state index in [2.05, 4.69) is 6.58 Å². The molecule has 0 unspecified atom stereocenters. The van der Waals surface area contributed by atoms with E-state index >= 15 is 0 Å². The summed E-state index contributed by atoms with van der Waals surface area (Å²) in [5.41, 5.74) is 7.02. The summed E-state index contributed by atoms with van der Waals surface area (Å²) in [6, 6.07) is 15.7. The Morgan fingerprint density at radius 1 is 0.947 bits per heavy atom. The number of nitrogen functional groups attached to an aromatic ring is 1. The molecule has 4 N–H and O–H groups in total. The van der Waals surface area contributed by atoms with Crippen LogP contribution in [0.25, 0.3) is 6.08 Å². The number of sulfonamides is 1. The van der Waals surface area contributed by atoms with Crippen LogP contribution < -0.4 is 10.9 Å². The molecule has 4 nitrogen and oxygen atoms in total. The van der Waals surface area contributed by atoms with Gasteiger partial charge in [-0.15, -0.1) is 0 Å². The minimum atomic E-state index is -3.58. The summed E-state index contributed by atoms with van der Waals surface area (Å²) in [5, 5.41) is 4.84. The van der Waals surface area contributed by atoms with E-state index in [0.29, 0.717) is 5.69 Å². The second-order valence-electron chi connectivity index (χ2n) is 3.73. The van der Waals surface area contributed by atoms with Crippen LogP contribution in [0, 0.1) is 0 Å². The molecule has 0 aliphatic rings. The molecule has 0 saturated carbocycles. The normalized spacial score (nSPS) is 10.2. The Bertz CT molecular complexity index is 620. The van der Waals surface area contributed by atoms with E-state index in [-0.39, 0.29) is 4.90 Å². The zero-order valence-corrected chi connectivity index (χ0v) is 11.2. The van der Waals surface area contributed by atoms with Crippen LogP contribution in [0.4, 0.5) is 5.69 Å². The van der Waals surface area contributed by atoms with Crippen LogP contribution in [0.15, 0.2) is 66.1 Å². The van der Waals surface area contributed by atoms with E-state index in [9.17, 15) is 8.42 Å². The van der Waals surface area contributed by atoms with Crippen molar-refractivity contribution in [3.05, 3.63) is 66.7 Å². The van der Waals surface area contributed by atoms with Crippen molar-refractivity contribution in [2.24, 2.45) is 5.14 Å². The van der Waals surface area contributed by atoms with Gasteiger partial charge in [0.15, 0.2) is 0 Å². The van der Waals surface area contributed by atoms with Crippen molar-refractivity contribution in [1.82, 2.24) is 0 Å². The highest BCUT2D eigenvalue weighted by atomic mass is 32.2.